The average Bonchev–Trinajstić information content (AvgIpc) is 1.82. The van der Waals surface area contributed by atoms with Gasteiger partial charge in [-0.25, -0.2) is 0 Å². The van der Waals surface area contributed by atoms with Crippen molar-refractivity contribution in [2.45, 2.75) is 25.8 Å². The van der Waals surface area contributed by atoms with Gasteiger partial charge in [0.15, 0.2) is 0 Å². The van der Waals surface area contributed by atoms with Crippen LogP contribution in [-0.4, -0.2) is 17.3 Å². The van der Waals surface area contributed by atoms with Crippen molar-refractivity contribution in [2.24, 2.45) is 0 Å². The monoisotopic (exact) mass is 130 g/mol. The molecule has 0 aromatic carbocycles. The minimum absolute atomic E-state index is 0.288. The molecule has 0 saturated heterocycles. The summed E-state index contributed by atoms with van der Waals surface area (Å²) >= 11 is 0. The Morgan fingerprint density at radius 3 is 2.44 bits per heavy atom. The number of carbonyl (C=O) groups excluding carboxylic acids is 1. The molecule has 0 saturated carbocycles. The molecular formula is C5H8NO3. The Morgan fingerprint density at radius 1 is 1.78 bits per heavy atom. The van der Waals surface area contributed by atoms with Crippen LogP contribution in [-0.2, 0) is 4.79 Å². The van der Waals surface area contributed by atoms with Gasteiger partial charge in [0.05, 0.1) is 0 Å². The summed E-state index contributed by atoms with van der Waals surface area (Å²) in [7, 11) is 0. The van der Waals surface area contributed by atoms with Crippen molar-refractivity contribution in [1.29, 1.82) is 0 Å². The summed E-state index contributed by atoms with van der Waals surface area (Å²) in [5, 5.41) is 9.86. The minimum atomic E-state index is -1.12. The van der Waals surface area contributed by atoms with Crippen molar-refractivity contribution >= 4 is 6.29 Å². The topological polar surface area (TPSA) is 60.2 Å². The molecule has 0 aromatic heterocycles. The standard InChI is InChI=1S/C5H8NO3/c1-2-3-5(4-7)6(8)9/h5H,2-3H2,1H3. The highest BCUT2D eigenvalue weighted by Crippen LogP contribution is 1.96. The smallest absolute Gasteiger partial charge is 0.278 e. The summed E-state index contributed by atoms with van der Waals surface area (Å²) in [6.07, 6.45) is 2.28. The first kappa shape index (κ1) is 8.07. The van der Waals surface area contributed by atoms with Gasteiger partial charge in [-0.15, -0.1) is 0 Å². The van der Waals surface area contributed by atoms with Crippen LogP contribution in [0.3, 0.4) is 0 Å². The molecule has 0 bridgehead atoms. The predicted octanol–water partition coefficient (Wildman–Crippen LogP) is 0.541. The van der Waals surface area contributed by atoms with Gasteiger partial charge in [0.1, 0.15) is 0 Å². The summed E-state index contributed by atoms with van der Waals surface area (Å²) in [5.74, 6) is 0. The van der Waals surface area contributed by atoms with Gasteiger partial charge in [0.25, 0.3) is 12.3 Å². The molecule has 0 spiro atoms. The zero-order valence-corrected chi connectivity index (χ0v) is 5.16. The largest absolute Gasteiger partial charge is 0.283 e. The molecule has 1 atom stereocenters. The molecule has 0 fully saturated rings. The summed E-state index contributed by atoms with van der Waals surface area (Å²) in [6, 6.07) is -1.12. The van der Waals surface area contributed by atoms with Crippen LogP contribution in [0.15, 0.2) is 0 Å². The van der Waals surface area contributed by atoms with Crippen LogP contribution in [0.1, 0.15) is 19.8 Å². The van der Waals surface area contributed by atoms with E-state index in [-0.39, 0.29) is 6.42 Å². The summed E-state index contributed by atoms with van der Waals surface area (Å²) < 4.78 is 0. The van der Waals surface area contributed by atoms with E-state index in [1.165, 1.54) is 6.29 Å². The van der Waals surface area contributed by atoms with Crippen LogP contribution in [0.2, 0.25) is 0 Å². The highest BCUT2D eigenvalue weighted by atomic mass is 16.6. The summed E-state index contributed by atoms with van der Waals surface area (Å²) in [6.45, 7) is 1.79. The van der Waals surface area contributed by atoms with Gasteiger partial charge in [-0.1, -0.05) is 6.92 Å². The van der Waals surface area contributed by atoms with E-state index in [1.54, 1.807) is 6.92 Å². The Bertz CT molecular complexity index is 113. The normalized spacial score (nSPS) is 12.6. The van der Waals surface area contributed by atoms with Crippen molar-refractivity contribution < 1.29 is 9.72 Å². The summed E-state index contributed by atoms with van der Waals surface area (Å²) in [5.41, 5.74) is 0. The molecule has 9 heavy (non-hydrogen) atoms. The van der Waals surface area contributed by atoms with E-state index < -0.39 is 11.0 Å². The van der Waals surface area contributed by atoms with E-state index >= 15 is 0 Å². The zero-order chi connectivity index (χ0) is 7.28. The third-order valence-electron chi connectivity index (χ3n) is 0.953. The second kappa shape index (κ2) is 4.00. The second-order valence-corrected chi connectivity index (χ2v) is 1.71. The van der Waals surface area contributed by atoms with Crippen molar-refractivity contribution in [1.82, 2.24) is 0 Å². The van der Waals surface area contributed by atoms with Gasteiger partial charge in [0.2, 0.25) is 0 Å². The molecule has 51 valence electrons. The average molecular weight is 130 g/mol. The molecule has 0 aliphatic rings. The highest BCUT2D eigenvalue weighted by Gasteiger charge is 2.17. The fraction of sp³-hybridized carbons (Fsp3) is 0.800. The molecule has 1 radical (unpaired) electrons. The van der Waals surface area contributed by atoms with E-state index in [4.69, 9.17) is 0 Å². The Balaban J connectivity index is 3.68. The Kier molecular flexibility index (Phi) is 3.59. The number of rotatable bonds is 4. The molecule has 0 N–H and O–H groups in total. The molecule has 0 amide bonds. The number of hydrogen-bond donors (Lipinski definition) is 0. The third-order valence-corrected chi connectivity index (χ3v) is 0.953. The van der Waals surface area contributed by atoms with Crippen LogP contribution in [0.5, 0.6) is 0 Å². The van der Waals surface area contributed by atoms with Gasteiger partial charge >= 0.3 is 0 Å². The number of hydrogen-bond acceptors (Lipinski definition) is 3. The van der Waals surface area contributed by atoms with Crippen LogP contribution in [0.4, 0.5) is 0 Å². The lowest BCUT2D eigenvalue weighted by Crippen LogP contribution is -2.20. The number of nitrogens with zero attached hydrogens (tertiary/aromatic N) is 1. The summed E-state index contributed by atoms with van der Waals surface area (Å²) in [4.78, 5) is 19.0. The molecule has 0 heterocycles. The first-order chi connectivity index (χ1) is 4.22. The maximum absolute atomic E-state index is 9.86. The molecule has 1 unspecified atom stereocenters. The van der Waals surface area contributed by atoms with Crippen LogP contribution in [0.25, 0.3) is 0 Å². The molecule has 0 rings (SSSR count). The molecule has 0 aromatic rings. The molecular weight excluding hydrogens is 122 g/mol. The fourth-order valence-corrected chi connectivity index (χ4v) is 0.481. The van der Waals surface area contributed by atoms with E-state index in [9.17, 15) is 14.9 Å². The van der Waals surface area contributed by atoms with Crippen LogP contribution >= 0.6 is 0 Å². The van der Waals surface area contributed by atoms with Crippen LogP contribution in [0, 0.1) is 10.1 Å². The van der Waals surface area contributed by atoms with Crippen molar-refractivity contribution in [2.75, 3.05) is 0 Å². The van der Waals surface area contributed by atoms with E-state index in [0.717, 1.165) is 0 Å². The fourth-order valence-electron chi connectivity index (χ4n) is 0.481. The third kappa shape index (κ3) is 2.79. The van der Waals surface area contributed by atoms with Crippen molar-refractivity contribution in [3.8, 4) is 0 Å². The zero-order valence-electron chi connectivity index (χ0n) is 5.16. The van der Waals surface area contributed by atoms with Gasteiger partial charge in [-0.05, 0) is 6.42 Å². The van der Waals surface area contributed by atoms with Crippen molar-refractivity contribution in [3.05, 3.63) is 10.1 Å². The lowest BCUT2D eigenvalue weighted by molar-refractivity contribution is -0.503. The van der Waals surface area contributed by atoms with Gasteiger partial charge in [-0.3, -0.25) is 14.9 Å². The highest BCUT2D eigenvalue weighted by molar-refractivity contribution is 5.56. The first-order valence-electron chi connectivity index (χ1n) is 2.73. The SMILES string of the molecule is CCCC([C]=O)[N+](=O)[O-]. The maximum atomic E-state index is 9.86. The minimum Gasteiger partial charge on any atom is -0.283 e. The van der Waals surface area contributed by atoms with Gasteiger partial charge in [-0.2, -0.15) is 0 Å². The second-order valence-electron chi connectivity index (χ2n) is 1.71. The molecule has 0 aliphatic carbocycles. The van der Waals surface area contributed by atoms with Crippen LogP contribution < -0.4 is 0 Å². The molecule has 0 aliphatic heterocycles. The lowest BCUT2D eigenvalue weighted by atomic mass is 10.2. The van der Waals surface area contributed by atoms with E-state index in [2.05, 4.69) is 0 Å². The van der Waals surface area contributed by atoms with Gasteiger partial charge < -0.3 is 0 Å². The lowest BCUT2D eigenvalue weighted by Gasteiger charge is -1.95. The van der Waals surface area contributed by atoms with Gasteiger partial charge in [0, 0.05) is 11.3 Å². The van der Waals surface area contributed by atoms with E-state index in [1.807, 2.05) is 0 Å². The predicted molar refractivity (Wildman–Crippen MR) is 31.4 cm³/mol. The molecule has 4 heteroatoms. The quantitative estimate of drug-likeness (QED) is 0.412. The Hall–Kier alpha value is -0.930. The number of nitro groups is 1. The van der Waals surface area contributed by atoms with E-state index in [0.29, 0.717) is 6.42 Å². The Morgan fingerprint density at radius 2 is 2.33 bits per heavy atom. The molecule has 4 nitrogen and oxygen atoms in total. The Labute approximate surface area is 53.0 Å². The van der Waals surface area contributed by atoms with Crippen molar-refractivity contribution in [3.63, 3.8) is 0 Å². The first-order valence-corrected chi connectivity index (χ1v) is 2.73. The maximum Gasteiger partial charge on any atom is 0.278 e.